The Labute approximate surface area is 340 Å². The van der Waals surface area contributed by atoms with Gasteiger partial charge in [-0.2, -0.15) is 5.10 Å². The van der Waals surface area contributed by atoms with Gasteiger partial charge >= 0.3 is 11.9 Å². The minimum Gasteiger partial charge on any atom is -0.447 e. The summed E-state index contributed by atoms with van der Waals surface area (Å²) in [4.78, 5) is 80.8. The first-order valence-electron chi connectivity index (χ1n) is 19.5. The number of benzene rings is 4. The van der Waals surface area contributed by atoms with Crippen molar-refractivity contribution in [1.82, 2.24) is 20.0 Å². The lowest BCUT2D eigenvalue weighted by Crippen LogP contribution is -2.45. The van der Waals surface area contributed by atoms with E-state index < -0.39 is 48.0 Å². The van der Waals surface area contributed by atoms with Crippen LogP contribution >= 0.6 is 0 Å². The Morgan fingerprint density at radius 2 is 1.03 bits per heavy atom. The Kier molecular flexibility index (Phi) is 12.2. The van der Waals surface area contributed by atoms with Crippen molar-refractivity contribution < 1.29 is 38.2 Å². The second-order valence-electron chi connectivity index (χ2n) is 14.5. The van der Waals surface area contributed by atoms with Crippen LogP contribution in [0.3, 0.4) is 0 Å². The molecule has 2 saturated heterocycles. The number of hydrogen-bond donors (Lipinski definition) is 3. The van der Waals surface area contributed by atoms with Crippen molar-refractivity contribution in [3.05, 3.63) is 126 Å². The van der Waals surface area contributed by atoms with Crippen LogP contribution in [-0.4, -0.2) is 80.7 Å². The quantitative estimate of drug-likeness (QED) is 0.124. The minimum absolute atomic E-state index is 0.327. The van der Waals surface area contributed by atoms with Crippen molar-refractivity contribution in [1.29, 1.82) is 0 Å². The lowest BCUT2D eigenvalue weighted by Gasteiger charge is -2.28. The van der Waals surface area contributed by atoms with Gasteiger partial charge in [-0.15, -0.1) is 0 Å². The molecular weight excluding hydrogens is 753 g/mol. The monoisotopic (exact) mass is 796 g/mol. The third-order valence-electron chi connectivity index (χ3n) is 10.4. The van der Waals surface area contributed by atoms with Gasteiger partial charge in [0.15, 0.2) is 0 Å². The molecule has 1 aromatic heterocycles. The summed E-state index contributed by atoms with van der Waals surface area (Å²) < 4.78 is 10.8. The standard InChI is InChI=1S/C45H44N6O8/c1-28(52)58-40(32-11-5-3-6-12-32)44(56)50-25-9-15-38(50)42(54)46-34-21-17-30(18-22-34)36-27-37(49-48-36)31-19-23-35(24-20-31)47-43(55)39-16-10-26-51(39)45(57)41(59-29(2)53)33-13-7-4-8-14-33/h3-8,11-14,17-24,27,38-41H,9-10,15-16,25-26H2,1-2H3,(H,46,54)(H,47,55)(H,48,49)/t38-,39-,40+,41+/m0/s1. The number of ether oxygens (including phenoxy) is 2. The van der Waals surface area contributed by atoms with Crippen LogP contribution in [0.1, 0.15) is 62.9 Å². The summed E-state index contributed by atoms with van der Waals surface area (Å²) in [5.74, 6) is -2.70. The molecule has 0 bridgehead atoms. The van der Waals surface area contributed by atoms with Gasteiger partial charge in [-0.05, 0) is 61.6 Å². The molecule has 0 saturated carbocycles. The number of esters is 2. The van der Waals surface area contributed by atoms with Crippen LogP contribution in [0.25, 0.3) is 22.5 Å². The van der Waals surface area contributed by atoms with Crippen molar-refractivity contribution in [3.63, 3.8) is 0 Å². The van der Waals surface area contributed by atoms with E-state index >= 15 is 0 Å². The number of aromatic amines is 1. The highest BCUT2D eigenvalue weighted by Gasteiger charge is 2.40. The maximum absolute atomic E-state index is 13.6. The molecule has 59 heavy (non-hydrogen) atoms. The van der Waals surface area contributed by atoms with Gasteiger partial charge in [-0.25, -0.2) is 0 Å². The molecule has 2 aliphatic rings. The summed E-state index contributed by atoms with van der Waals surface area (Å²) in [7, 11) is 0. The molecule has 4 atom stereocenters. The van der Waals surface area contributed by atoms with Crippen molar-refractivity contribution in [3.8, 4) is 22.5 Å². The van der Waals surface area contributed by atoms with E-state index in [0.717, 1.165) is 16.8 Å². The van der Waals surface area contributed by atoms with E-state index in [-0.39, 0.29) is 11.8 Å². The number of carbonyl (C=O) groups is 6. The molecule has 7 rings (SSSR count). The first-order chi connectivity index (χ1) is 28.5. The zero-order chi connectivity index (χ0) is 41.5. The number of hydrogen-bond acceptors (Lipinski definition) is 9. The largest absolute Gasteiger partial charge is 0.447 e. The number of likely N-dealkylation sites (tertiary alicyclic amines) is 2. The van der Waals surface area contributed by atoms with Crippen LogP contribution in [0, 0.1) is 0 Å². The molecule has 14 nitrogen and oxygen atoms in total. The molecule has 14 heteroatoms. The zero-order valence-electron chi connectivity index (χ0n) is 32.6. The van der Waals surface area contributed by atoms with E-state index in [0.29, 0.717) is 67.0 Å². The Morgan fingerprint density at radius 1 is 0.610 bits per heavy atom. The normalized spacial score (nSPS) is 17.1. The third-order valence-corrected chi connectivity index (χ3v) is 10.4. The number of anilines is 2. The third kappa shape index (κ3) is 9.39. The van der Waals surface area contributed by atoms with Crippen LogP contribution in [-0.2, 0) is 38.2 Å². The van der Waals surface area contributed by atoms with Gasteiger partial charge in [0.1, 0.15) is 12.1 Å². The molecule has 4 aromatic carbocycles. The van der Waals surface area contributed by atoms with Crippen molar-refractivity contribution in [2.24, 2.45) is 0 Å². The van der Waals surface area contributed by atoms with Crippen LogP contribution in [0.2, 0.25) is 0 Å². The Bertz CT molecular complexity index is 2150. The molecule has 3 heterocycles. The van der Waals surface area contributed by atoms with Gasteiger partial charge < -0.3 is 29.9 Å². The highest BCUT2D eigenvalue weighted by molar-refractivity contribution is 5.99. The number of nitrogens with zero attached hydrogens (tertiary/aromatic N) is 3. The maximum Gasteiger partial charge on any atom is 0.303 e. The van der Waals surface area contributed by atoms with Crippen LogP contribution < -0.4 is 10.6 Å². The summed E-state index contributed by atoms with van der Waals surface area (Å²) in [6, 6.07) is 32.4. The molecule has 0 radical (unpaired) electrons. The van der Waals surface area contributed by atoms with Crippen molar-refractivity contribution in [2.75, 3.05) is 23.7 Å². The molecule has 0 spiro atoms. The number of H-pyrrole nitrogens is 1. The van der Waals surface area contributed by atoms with Gasteiger partial charge in [0, 0.05) is 55.0 Å². The van der Waals surface area contributed by atoms with E-state index in [1.54, 1.807) is 78.9 Å². The van der Waals surface area contributed by atoms with Gasteiger partial charge in [-0.3, -0.25) is 33.9 Å². The Hall–Kier alpha value is -7.09. The fraction of sp³-hybridized carbons (Fsp3) is 0.267. The Balaban J connectivity index is 0.952. The average molecular weight is 797 g/mol. The number of carbonyl (C=O) groups excluding carboxylic acids is 6. The molecule has 4 amide bonds. The molecule has 5 aromatic rings. The number of amides is 4. The van der Waals surface area contributed by atoms with E-state index in [1.165, 1.54) is 23.6 Å². The fourth-order valence-electron chi connectivity index (χ4n) is 7.54. The second-order valence-corrected chi connectivity index (χ2v) is 14.5. The lowest BCUT2D eigenvalue weighted by atomic mass is 10.1. The van der Waals surface area contributed by atoms with Crippen molar-refractivity contribution >= 4 is 46.9 Å². The van der Waals surface area contributed by atoms with E-state index in [1.807, 2.05) is 36.4 Å². The number of rotatable bonds is 12. The zero-order valence-corrected chi connectivity index (χ0v) is 32.6. The number of aromatic nitrogens is 2. The highest BCUT2D eigenvalue weighted by Crippen LogP contribution is 2.30. The van der Waals surface area contributed by atoms with E-state index in [4.69, 9.17) is 9.47 Å². The molecule has 302 valence electrons. The second kappa shape index (κ2) is 18.0. The predicted octanol–water partition coefficient (Wildman–Crippen LogP) is 6.21. The van der Waals surface area contributed by atoms with Gasteiger partial charge in [0.2, 0.25) is 24.0 Å². The summed E-state index contributed by atoms with van der Waals surface area (Å²) in [5.41, 5.74) is 5.24. The summed E-state index contributed by atoms with van der Waals surface area (Å²) in [6.07, 6.45) is -0.0314. The van der Waals surface area contributed by atoms with Crippen LogP contribution in [0.5, 0.6) is 0 Å². The lowest BCUT2D eigenvalue weighted by molar-refractivity contribution is -0.160. The minimum atomic E-state index is -1.14. The van der Waals surface area contributed by atoms with Crippen molar-refractivity contribution in [2.45, 2.75) is 63.8 Å². The highest BCUT2D eigenvalue weighted by atomic mass is 16.6. The van der Waals surface area contributed by atoms with Gasteiger partial charge in [-0.1, -0.05) is 84.9 Å². The first-order valence-corrected chi connectivity index (χ1v) is 19.5. The molecule has 2 fully saturated rings. The number of nitrogens with one attached hydrogen (secondary N) is 3. The average Bonchev–Trinajstić information content (AvgIpc) is 4.05. The molecule has 3 N–H and O–H groups in total. The van der Waals surface area contributed by atoms with Gasteiger partial charge in [0.05, 0.1) is 11.4 Å². The fourth-order valence-corrected chi connectivity index (χ4v) is 7.54. The topological polar surface area (TPSA) is 180 Å². The first kappa shape index (κ1) is 40.1. The molecule has 2 aliphatic heterocycles. The summed E-state index contributed by atoms with van der Waals surface area (Å²) >= 11 is 0. The van der Waals surface area contributed by atoms with Gasteiger partial charge in [0.25, 0.3) is 11.8 Å². The Morgan fingerprint density at radius 3 is 1.46 bits per heavy atom. The maximum atomic E-state index is 13.6. The molecule has 0 unspecified atom stereocenters. The smallest absolute Gasteiger partial charge is 0.303 e. The SMILES string of the molecule is CC(=O)O[C@@H](C(=O)N1CCC[C@H]1C(=O)Nc1ccc(-c2cc(-c3ccc(NC(=O)[C@@H]4CCCN4C(=O)[C@H](OC(C)=O)c4ccccc4)cc3)[nH]n2)cc1)c1ccccc1. The van der Waals surface area contributed by atoms with E-state index in [9.17, 15) is 28.8 Å². The van der Waals surface area contributed by atoms with E-state index in [2.05, 4.69) is 20.8 Å². The predicted molar refractivity (Wildman–Crippen MR) is 218 cm³/mol. The van der Waals surface area contributed by atoms with Crippen LogP contribution in [0.15, 0.2) is 115 Å². The summed E-state index contributed by atoms with van der Waals surface area (Å²) in [5, 5.41) is 13.4. The molecular formula is C45H44N6O8. The summed E-state index contributed by atoms with van der Waals surface area (Å²) in [6.45, 7) is 3.25. The van der Waals surface area contributed by atoms with Crippen LogP contribution in [0.4, 0.5) is 11.4 Å². The molecule has 0 aliphatic carbocycles.